The minimum atomic E-state index is -0.502. The first kappa shape index (κ1) is 16.5. The fourth-order valence-corrected chi connectivity index (χ4v) is 2.12. The number of aryl methyl sites for hydroxylation is 1. The Balaban J connectivity index is 2.51. The summed E-state index contributed by atoms with van der Waals surface area (Å²) in [6.45, 7) is 2.00. The van der Waals surface area contributed by atoms with Gasteiger partial charge in [-0.25, -0.2) is 0 Å². The second-order valence-electron chi connectivity index (χ2n) is 4.87. The molecule has 0 aliphatic heterocycles. The first-order valence-electron chi connectivity index (χ1n) is 7.01. The molecule has 20 heavy (non-hydrogen) atoms. The van der Waals surface area contributed by atoms with Gasteiger partial charge in [0, 0.05) is 12.8 Å². The van der Waals surface area contributed by atoms with Gasteiger partial charge in [-0.3, -0.25) is 4.79 Å². The van der Waals surface area contributed by atoms with E-state index in [0.29, 0.717) is 30.8 Å². The second-order valence-corrected chi connectivity index (χ2v) is 4.87. The van der Waals surface area contributed by atoms with Crippen LogP contribution in [0.5, 0.6) is 11.5 Å². The molecule has 0 fully saturated rings. The highest BCUT2D eigenvalue weighted by molar-refractivity contribution is 5.79. The fraction of sp³-hybridized carbons (Fsp3) is 0.562. The van der Waals surface area contributed by atoms with Crippen molar-refractivity contribution in [3.05, 3.63) is 23.8 Å². The quantitative estimate of drug-likeness (QED) is 0.755. The fourth-order valence-electron chi connectivity index (χ4n) is 2.12. The molecule has 0 heterocycles. The first-order chi connectivity index (χ1) is 9.60. The van der Waals surface area contributed by atoms with Crippen molar-refractivity contribution in [2.24, 2.45) is 0 Å². The lowest BCUT2D eigenvalue weighted by Crippen LogP contribution is -2.13. The van der Waals surface area contributed by atoms with Crippen LogP contribution in [-0.4, -0.2) is 31.2 Å². The van der Waals surface area contributed by atoms with Crippen LogP contribution in [0.25, 0.3) is 0 Å². The van der Waals surface area contributed by atoms with Crippen LogP contribution in [0.15, 0.2) is 18.2 Å². The number of carbonyl (C=O) groups is 1. The van der Waals surface area contributed by atoms with Gasteiger partial charge in [-0.1, -0.05) is 19.4 Å². The third-order valence-electron chi connectivity index (χ3n) is 3.23. The molecule has 1 unspecified atom stereocenters. The molecule has 0 aliphatic carbocycles. The van der Waals surface area contributed by atoms with Crippen LogP contribution in [0.4, 0.5) is 0 Å². The molecule has 0 bridgehead atoms. The van der Waals surface area contributed by atoms with E-state index in [9.17, 15) is 9.90 Å². The van der Waals surface area contributed by atoms with Crippen molar-refractivity contribution >= 4 is 5.78 Å². The highest BCUT2D eigenvalue weighted by Crippen LogP contribution is 2.28. The number of carbonyl (C=O) groups excluding carboxylic acids is 1. The Labute approximate surface area is 120 Å². The summed E-state index contributed by atoms with van der Waals surface area (Å²) in [6, 6.07) is 5.65. The molecule has 1 aromatic carbocycles. The van der Waals surface area contributed by atoms with Gasteiger partial charge in [0.25, 0.3) is 0 Å². The maximum Gasteiger partial charge on any atom is 0.160 e. The highest BCUT2D eigenvalue weighted by Gasteiger charge is 2.11. The van der Waals surface area contributed by atoms with Gasteiger partial charge in [0.05, 0.1) is 20.3 Å². The molecule has 1 rings (SSSR count). The van der Waals surface area contributed by atoms with E-state index in [1.54, 1.807) is 14.2 Å². The molecule has 0 saturated heterocycles. The van der Waals surface area contributed by atoms with Crippen LogP contribution in [-0.2, 0) is 11.2 Å². The Morgan fingerprint density at radius 2 is 1.95 bits per heavy atom. The SMILES string of the molecule is CCCC(O)CC(=O)CCc1ccc(OC)c(OC)c1. The van der Waals surface area contributed by atoms with Gasteiger partial charge in [-0.15, -0.1) is 0 Å². The summed E-state index contributed by atoms with van der Waals surface area (Å²) in [6.07, 6.45) is 2.42. The summed E-state index contributed by atoms with van der Waals surface area (Å²) in [4.78, 5) is 11.8. The molecule has 0 spiro atoms. The summed E-state index contributed by atoms with van der Waals surface area (Å²) < 4.78 is 10.4. The predicted octanol–water partition coefficient (Wildman–Crippen LogP) is 2.76. The Morgan fingerprint density at radius 3 is 2.55 bits per heavy atom. The number of benzene rings is 1. The van der Waals surface area contributed by atoms with Crippen LogP contribution < -0.4 is 9.47 Å². The van der Waals surface area contributed by atoms with Crippen molar-refractivity contribution in [1.29, 1.82) is 0 Å². The number of aliphatic hydroxyl groups is 1. The van der Waals surface area contributed by atoms with Crippen molar-refractivity contribution in [2.75, 3.05) is 14.2 Å². The molecule has 0 aliphatic rings. The molecule has 0 radical (unpaired) electrons. The van der Waals surface area contributed by atoms with E-state index >= 15 is 0 Å². The van der Waals surface area contributed by atoms with E-state index in [1.165, 1.54) is 0 Å². The third-order valence-corrected chi connectivity index (χ3v) is 3.23. The monoisotopic (exact) mass is 280 g/mol. The summed E-state index contributed by atoms with van der Waals surface area (Å²) in [7, 11) is 3.18. The lowest BCUT2D eigenvalue weighted by Gasteiger charge is -2.10. The number of hydrogen-bond acceptors (Lipinski definition) is 4. The van der Waals surface area contributed by atoms with Crippen molar-refractivity contribution < 1.29 is 19.4 Å². The van der Waals surface area contributed by atoms with Crippen molar-refractivity contribution in [2.45, 2.75) is 45.1 Å². The van der Waals surface area contributed by atoms with Crippen LogP contribution >= 0.6 is 0 Å². The Morgan fingerprint density at radius 1 is 1.25 bits per heavy atom. The maximum atomic E-state index is 11.8. The molecular formula is C16H24O4. The Kier molecular flexibility index (Phi) is 7.09. The first-order valence-corrected chi connectivity index (χ1v) is 7.01. The molecule has 0 amide bonds. The molecule has 0 saturated carbocycles. The van der Waals surface area contributed by atoms with Gasteiger partial charge in [-0.05, 0) is 30.5 Å². The van der Waals surface area contributed by atoms with E-state index in [-0.39, 0.29) is 12.2 Å². The lowest BCUT2D eigenvalue weighted by molar-refractivity contribution is -0.121. The number of ether oxygens (including phenoxy) is 2. The summed E-state index contributed by atoms with van der Waals surface area (Å²) in [5, 5.41) is 9.61. The van der Waals surface area contributed by atoms with E-state index in [2.05, 4.69) is 0 Å². The number of ketones is 1. The summed E-state index contributed by atoms with van der Waals surface area (Å²) in [5.41, 5.74) is 1.03. The Hall–Kier alpha value is -1.55. The van der Waals surface area contributed by atoms with Gasteiger partial charge in [-0.2, -0.15) is 0 Å². The van der Waals surface area contributed by atoms with Crippen LogP contribution in [0.3, 0.4) is 0 Å². The van der Waals surface area contributed by atoms with E-state index in [4.69, 9.17) is 9.47 Å². The van der Waals surface area contributed by atoms with E-state index in [1.807, 2.05) is 25.1 Å². The summed E-state index contributed by atoms with van der Waals surface area (Å²) in [5.74, 6) is 1.45. The van der Waals surface area contributed by atoms with Gasteiger partial charge in [0.15, 0.2) is 11.5 Å². The van der Waals surface area contributed by atoms with Gasteiger partial charge in [0.2, 0.25) is 0 Å². The highest BCUT2D eigenvalue weighted by atomic mass is 16.5. The summed E-state index contributed by atoms with van der Waals surface area (Å²) >= 11 is 0. The zero-order valence-electron chi connectivity index (χ0n) is 12.5. The van der Waals surface area contributed by atoms with E-state index in [0.717, 1.165) is 12.0 Å². The molecule has 112 valence electrons. The van der Waals surface area contributed by atoms with Crippen LogP contribution in [0.1, 0.15) is 38.2 Å². The minimum absolute atomic E-state index is 0.0979. The maximum absolute atomic E-state index is 11.8. The number of methoxy groups -OCH3 is 2. The minimum Gasteiger partial charge on any atom is -0.493 e. The smallest absolute Gasteiger partial charge is 0.160 e. The topological polar surface area (TPSA) is 55.8 Å². The molecule has 0 aromatic heterocycles. The Bertz CT molecular complexity index is 428. The number of rotatable bonds is 9. The van der Waals surface area contributed by atoms with Gasteiger partial charge >= 0.3 is 0 Å². The van der Waals surface area contributed by atoms with Crippen molar-refractivity contribution in [1.82, 2.24) is 0 Å². The molecule has 1 atom stereocenters. The average molecular weight is 280 g/mol. The molecule has 4 heteroatoms. The van der Waals surface area contributed by atoms with E-state index < -0.39 is 6.10 Å². The van der Waals surface area contributed by atoms with Gasteiger partial charge < -0.3 is 14.6 Å². The second kappa shape index (κ2) is 8.59. The third kappa shape index (κ3) is 5.21. The largest absolute Gasteiger partial charge is 0.493 e. The molecular weight excluding hydrogens is 256 g/mol. The zero-order valence-corrected chi connectivity index (χ0v) is 12.5. The van der Waals surface area contributed by atoms with Crippen LogP contribution in [0.2, 0.25) is 0 Å². The number of Topliss-reactive ketones (excluding diaryl/α,β-unsaturated/α-hetero) is 1. The lowest BCUT2D eigenvalue weighted by atomic mass is 10.0. The number of aliphatic hydroxyl groups excluding tert-OH is 1. The normalized spacial score (nSPS) is 12.0. The molecule has 4 nitrogen and oxygen atoms in total. The molecule has 1 N–H and O–H groups in total. The standard InChI is InChI=1S/C16H24O4/c1-4-5-13(17)11-14(18)8-6-12-7-9-15(19-2)16(10-12)20-3/h7,9-10,13,17H,4-6,8,11H2,1-3H3. The number of hydrogen-bond donors (Lipinski definition) is 1. The van der Waals surface area contributed by atoms with Crippen molar-refractivity contribution in [3.63, 3.8) is 0 Å². The predicted molar refractivity (Wildman–Crippen MR) is 78.4 cm³/mol. The zero-order chi connectivity index (χ0) is 15.0. The van der Waals surface area contributed by atoms with Crippen LogP contribution in [0, 0.1) is 0 Å². The van der Waals surface area contributed by atoms with Gasteiger partial charge in [0.1, 0.15) is 5.78 Å². The molecule has 1 aromatic rings. The average Bonchev–Trinajstić information content (AvgIpc) is 2.44. The van der Waals surface area contributed by atoms with Crippen molar-refractivity contribution in [3.8, 4) is 11.5 Å².